The molecule has 1 aromatic heterocycles. The van der Waals surface area contributed by atoms with E-state index in [1.54, 1.807) is 24.3 Å². The van der Waals surface area contributed by atoms with Crippen molar-refractivity contribution in [3.63, 3.8) is 0 Å². The van der Waals surface area contributed by atoms with E-state index in [0.717, 1.165) is 6.20 Å². The minimum Gasteiger partial charge on any atom is -0.497 e. The minimum absolute atomic E-state index is 0.136. The number of ether oxygens (including phenoxy) is 3. The number of hydrogen-bond donors (Lipinski definition) is 2. The third kappa shape index (κ3) is 6.55. The standard InChI is InChI=1S/C24H24ClF3N3O8PS/c1-34-13-3-7-15(8-4-13)38-40(41,39-16-9-5-14(35-2)6-10-16)36-12-24(22(27)28)19(32)18(26)21(37-24)31-11-17(25)20(29)30-23(31)33/h3-11,18-19,21-22,32H,12H2,1-2H3,(H2,29,30,33)/t18-,19+,21-,24-/m1/s1. The Hall–Kier alpha value is -3.07. The molecular weight excluding hydrogens is 614 g/mol. The van der Waals surface area contributed by atoms with Gasteiger partial charge in [-0.2, -0.15) is 4.98 Å². The molecule has 1 aliphatic heterocycles. The number of methoxy groups -OCH3 is 2. The number of benzene rings is 2. The van der Waals surface area contributed by atoms with Crippen LogP contribution in [0.15, 0.2) is 59.5 Å². The molecule has 222 valence electrons. The highest BCUT2D eigenvalue weighted by Crippen LogP contribution is 2.53. The molecule has 1 fully saturated rings. The van der Waals surface area contributed by atoms with Crippen LogP contribution in [0.5, 0.6) is 23.0 Å². The minimum atomic E-state index is -4.02. The largest absolute Gasteiger partial charge is 0.497 e. The SMILES string of the molecule is COc1ccc(OP(=S)(OC[C@@]2(C(F)F)O[C@@H](n3cc(Cl)c(N)nc3=O)[C@H](F)[C@@H]2O)Oc2ccc(OC)cc2)cc1. The molecule has 3 aromatic rings. The Morgan fingerprint density at radius 2 is 1.59 bits per heavy atom. The second-order valence-electron chi connectivity index (χ2n) is 8.57. The third-order valence-electron chi connectivity index (χ3n) is 5.99. The predicted molar refractivity (Wildman–Crippen MR) is 145 cm³/mol. The normalized spacial score (nSPS) is 22.5. The van der Waals surface area contributed by atoms with Crippen molar-refractivity contribution in [2.24, 2.45) is 0 Å². The van der Waals surface area contributed by atoms with Crippen LogP contribution in [0.2, 0.25) is 5.02 Å². The van der Waals surface area contributed by atoms with Crippen molar-refractivity contribution in [3.05, 3.63) is 70.2 Å². The van der Waals surface area contributed by atoms with Crippen molar-refractivity contribution in [1.82, 2.24) is 9.55 Å². The van der Waals surface area contributed by atoms with E-state index in [0.29, 0.717) is 16.1 Å². The monoisotopic (exact) mass is 637 g/mol. The summed E-state index contributed by atoms with van der Waals surface area (Å²) in [6, 6.07) is 12.1. The molecular formula is C24H24ClF3N3O8PS. The highest BCUT2D eigenvalue weighted by Gasteiger charge is 2.62. The lowest BCUT2D eigenvalue weighted by atomic mass is 9.97. The maximum absolute atomic E-state index is 15.3. The summed E-state index contributed by atoms with van der Waals surface area (Å²) in [5, 5.41) is 10.4. The second-order valence-corrected chi connectivity index (χ2v) is 11.8. The van der Waals surface area contributed by atoms with E-state index in [1.165, 1.54) is 38.5 Å². The first-order valence-electron chi connectivity index (χ1n) is 11.7. The molecule has 11 nitrogen and oxygen atoms in total. The molecule has 0 amide bonds. The van der Waals surface area contributed by atoms with Gasteiger partial charge in [0.2, 0.25) is 0 Å². The van der Waals surface area contributed by atoms with Gasteiger partial charge in [0, 0.05) is 18.0 Å². The van der Waals surface area contributed by atoms with Gasteiger partial charge in [0.1, 0.15) is 34.9 Å². The fourth-order valence-electron chi connectivity index (χ4n) is 3.78. The Kier molecular flexibility index (Phi) is 9.36. The van der Waals surface area contributed by atoms with E-state index in [2.05, 4.69) is 4.98 Å². The van der Waals surface area contributed by atoms with Crippen molar-refractivity contribution in [2.75, 3.05) is 26.6 Å². The van der Waals surface area contributed by atoms with Gasteiger partial charge in [-0.3, -0.25) is 9.09 Å². The Bertz CT molecular complexity index is 1420. The number of aliphatic hydroxyl groups excluding tert-OH is 1. The maximum atomic E-state index is 15.3. The summed E-state index contributed by atoms with van der Waals surface area (Å²) in [7, 11) is 2.92. The molecule has 1 aliphatic rings. The molecule has 41 heavy (non-hydrogen) atoms. The second kappa shape index (κ2) is 12.4. The number of hydrogen-bond acceptors (Lipinski definition) is 11. The first-order valence-corrected chi connectivity index (χ1v) is 14.6. The molecule has 4 rings (SSSR count). The van der Waals surface area contributed by atoms with Crippen LogP contribution in [0.25, 0.3) is 0 Å². The van der Waals surface area contributed by atoms with Crippen molar-refractivity contribution in [1.29, 1.82) is 0 Å². The van der Waals surface area contributed by atoms with Crippen molar-refractivity contribution >= 4 is 35.9 Å². The van der Waals surface area contributed by atoms with Crippen LogP contribution in [0.1, 0.15) is 6.23 Å². The Morgan fingerprint density at radius 3 is 2.05 bits per heavy atom. The molecule has 0 unspecified atom stereocenters. The molecule has 4 atom stereocenters. The van der Waals surface area contributed by atoms with Crippen LogP contribution < -0.4 is 29.9 Å². The van der Waals surface area contributed by atoms with Gasteiger partial charge in [-0.25, -0.2) is 18.0 Å². The Morgan fingerprint density at radius 1 is 1.10 bits per heavy atom. The van der Waals surface area contributed by atoms with E-state index < -0.39 is 49.5 Å². The average Bonchev–Trinajstić information content (AvgIpc) is 3.21. The highest BCUT2D eigenvalue weighted by molar-refractivity contribution is 8.07. The van der Waals surface area contributed by atoms with Crippen molar-refractivity contribution in [2.45, 2.75) is 30.5 Å². The lowest BCUT2D eigenvalue weighted by Gasteiger charge is -2.32. The van der Waals surface area contributed by atoms with E-state index in [9.17, 15) is 18.7 Å². The van der Waals surface area contributed by atoms with E-state index >= 15 is 4.39 Å². The average molecular weight is 638 g/mol. The molecule has 3 N–H and O–H groups in total. The van der Waals surface area contributed by atoms with Gasteiger partial charge >= 0.3 is 12.4 Å². The zero-order chi connectivity index (χ0) is 29.9. The van der Waals surface area contributed by atoms with Gasteiger partial charge in [-0.1, -0.05) is 11.6 Å². The molecule has 2 heterocycles. The lowest BCUT2D eigenvalue weighted by molar-refractivity contribution is -0.192. The number of halogens is 4. The molecule has 0 saturated carbocycles. The third-order valence-corrected chi connectivity index (χ3v) is 8.36. The summed E-state index contributed by atoms with van der Waals surface area (Å²) in [6.07, 6.45) is -9.74. The highest BCUT2D eigenvalue weighted by atomic mass is 35.5. The maximum Gasteiger partial charge on any atom is 0.435 e. The number of aliphatic hydroxyl groups is 1. The zero-order valence-corrected chi connectivity index (χ0v) is 23.8. The van der Waals surface area contributed by atoms with Crippen LogP contribution in [0.3, 0.4) is 0 Å². The smallest absolute Gasteiger partial charge is 0.435 e. The summed E-state index contributed by atoms with van der Waals surface area (Å²) in [6.45, 7) is -5.22. The number of nitrogen functional groups attached to an aromatic ring is 1. The zero-order valence-electron chi connectivity index (χ0n) is 21.4. The van der Waals surface area contributed by atoms with Crippen LogP contribution >= 0.6 is 18.3 Å². The van der Waals surface area contributed by atoms with Crippen molar-refractivity contribution in [3.8, 4) is 23.0 Å². The topological polar surface area (TPSA) is 137 Å². The molecule has 0 aliphatic carbocycles. The lowest BCUT2D eigenvalue weighted by Crippen LogP contribution is -2.52. The number of anilines is 1. The molecule has 0 spiro atoms. The van der Waals surface area contributed by atoms with E-state index in [4.69, 9.17) is 56.9 Å². The summed E-state index contributed by atoms with van der Waals surface area (Å²) in [4.78, 5) is 15.7. The van der Waals surface area contributed by atoms with E-state index in [1.807, 2.05) is 0 Å². The van der Waals surface area contributed by atoms with Crippen LogP contribution in [-0.2, 0) is 21.1 Å². The summed E-state index contributed by atoms with van der Waals surface area (Å²) >= 11 is 11.4. The quantitative estimate of drug-likeness (QED) is 0.294. The molecule has 0 bridgehead atoms. The predicted octanol–water partition coefficient (Wildman–Crippen LogP) is 4.13. The summed E-state index contributed by atoms with van der Waals surface area (Å²) < 4.78 is 77.6. The number of alkyl halides is 3. The first kappa shape index (κ1) is 30.9. The van der Waals surface area contributed by atoms with Gasteiger partial charge < -0.3 is 34.1 Å². The number of aromatic nitrogens is 2. The summed E-state index contributed by atoms with van der Waals surface area (Å²) in [5.74, 6) is 0.898. The summed E-state index contributed by atoms with van der Waals surface area (Å²) in [5.41, 5.74) is 1.33. The number of nitrogens with two attached hydrogens (primary N) is 1. The van der Waals surface area contributed by atoms with Gasteiger partial charge in [0.25, 0.3) is 6.43 Å². The molecule has 17 heteroatoms. The van der Waals surface area contributed by atoms with Gasteiger partial charge in [-0.15, -0.1) is 0 Å². The van der Waals surface area contributed by atoms with Crippen molar-refractivity contribution < 1.29 is 46.1 Å². The first-order chi connectivity index (χ1) is 19.4. The Balaban J connectivity index is 1.65. The van der Waals surface area contributed by atoms with E-state index in [-0.39, 0.29) is 22.3 Å². The van der Waals surface area contributed by atoms with Crippen LogP contribution in [0.4, 0.5) is 19.0 Å². The molecule has 0 radical (unpaired) electrons. The van der Waals surface area contributed by atoms with Gasteiger partial charge in [-0.05, 0) is 48.5 Å². The van der Waals surface area contributed by atoms with Gasteiger partial charge in [0.15, 0.2) is 18.0 Å². The fourth-order valence-corrected chi connectivity index (χ4v) is 5.87. The Labute approximate surface area is 241 Å². The van der Waals surface area contributed by atoms with Crippen LogP contribution in [0, 0.1) is 0 Å². The number of rotatable bonds is 11. The fraction of sp³-hybridized carbons (Fsp3) is 0.333. The van der Waals surface area contributed by atoms with Crippen LogP contribution in [-0.4, -0.2) is 59.8 Å². The number of nitrogens with zero attached hydrogens (tertiary/aromatic N) is 2. The van der Waals surface area contributed by atoms with Gasteiger partial charge in [0.05, 0.1) is 25.8 Å². The molecule has 2 aromatic carbocycles. The molecule has 1 saturated heterocycles.